The van der Waals surface area contributed by atoms with E-state index in [4.69, 9.17) is 0 Å². The topological polar surface area (TPSA) is 65.6 Å². The minimum absolute atomic E-state index is 0.708. The highest BCUT2D eigenvalue weighted by molar-refractivity contribution is 7.13. The average molecular weight is 522 g/mol. The van der Waals surface area contributed by atoms with E-state index in [9.17, 15) is 0 Å². The van der Waals surface area contributed by atoms with Crippen molar-refractivity contribution in [3.8, 4) is 10.4 Å². The van der Waals surface area contributed by atoms with Gasteiger partial charge < -0.3 is 10.6 Å². The normalized spacial score (nSPS) is 12.0. The fraction of sp³-hybridized carbons (Fsp3) is 0.188. The van der Waals surface area contributed by atoms with Crippen LogP contribution in [0.5, 0.6) is 0 Å². The zero-order valence-corrected chi connectivity index (χ0v) is 23.2. The average Bonchev–Trinajstić information content (AvgIpc) is 3.61. The summed E-state index contributed by atoms with van der Waals surface area (Å²) < 4.78 is 0. The van der Waals surface area contributed by atoms with E-state index in [0.717, 1.165) is 75.2 Å². The van der Waals surface area contributed by atoms with Crippen LogP contribution >= 0.6 is 11.3 Å². The van der Waals surface area contributed by atoms with Crippen LogP contribution in [0.1, 0.15) is 49.9 Å². The van der Waals surface area contributed by atoms with Gasteiger partial charge in [0.2, 0.25) is 0 Å². The van der Waals surface area contributed by atoms with Gasteiger partial charge in [-0.05, 0) is 79.1 Å². The molecule has 194 valence electrons. The Morgan fingerprint density at radius 3 is 2.74 bits per heavy atom. The van der Waals surface area contributed by atoms with Gasteiger partial charge in [-0.25, -0.2) is 0 Å². The van der Waals surface area contributed by atoms with E-state index in [1.807, 2.05) is 25.4 Å². The lowest BCUT2D eigenvalue weighted by atomic mass is 10.0. The predicted octanol–water partition coefficient (Wildman–Crippen LogP) is 8.84. The molecule has 0 saturated carbocycles. The fourth-order valence-corrected chi connectivity index (χ4v) is 5.07. The maximum Gasteiger partial charge on any atom is 0.116 e. The van der Waals surface area contributed by atoms with Crippen LogP contribution in [0.4, 0.5) is 5.69 Å². The highest BCUT2D eigenvalue weighted by Gasteiger charge is 2.14. The van der Waals surface area contributed by atoms with Gasteiger partial charge in [-0.15, -0.1) is 11.3 Å². The zero-order valence-electron chi connectivity index (χ0n) is 22.4. The van der Waals surface area contributed by atoms with Crippen molar-refractivity contribution in [1.29, 1.82) is 0 Å². The Balaban J connectivity index is 1.60. The van der Waals surface area contributed by atoms with E-state index in [1.54, 1.807) is 11.3 Å². The third-order valence-corrected chi connectivity index (χ3v) is 7.37. The van der Waals surface area contributed by atoms with Crippen molar-refractivity contribution in [2.75, 3.05) is 5.32 Å². The van der Waals surface area contributed by atoms with Gasteiger partial charge >= 0.3 is 0 Å². The number of nitrogens with zero attached hydrogens (tertiary/aromatic N) is 2. The van der Waals surface area contributed by atoms with Crippen LogP contribution in [-0.4, -0.2) is 15.2 Å². The molecule has 3 N–H and O–H groups in total. The molecule has 0 aliphatic carbocycles. The minimum Gasteiger partial charge on any atom is -0.359 e. The molecule has 38 heavy (non-hydrogen) atoms. The molecule has 5 nitrogen and oxygen atoms in total. The molecule has 3 heterocycles. The smallest absolute Gasteiger partial charge is 0.116 e. The second-order valence-electron chi connectivity index (χ2n) is 9.15. The molecule has 4 rings (SSSR count). The number of unbranched alkanes of at least 4 members (excludes halogenated alkanes) is 1. The second kappa shape index (κ2) is 12.4. The summed E-state index contributed by atoms with van der Waals surface area (Å²) in [5.41, 5.74) is 9.65. The largest absolute Gasteiger partial charge is 0.359 e. The van der Waals surface area contributed by atoms with Crippen LogP contribution in [0, 0.1) is 6.92 Å². The Morgan fingerprint density at radius 2 is 2.03 bits per heavy atom. The summed E-state index contributed by atoms with van der Waals surface area (Å²) in [6, 6.07) is 10.5. The Hall–Kier alpha value is -4.16. The van der Waals surface area contributed by atoms with E-state index in [1.165, 1.54) is 4.88 Å². The molecular formula is C32H35N5S. The van der Waals surface area contributed by atoms with Crippen molar-refractivity contribution < 1.29 is 0 Å². The summed E-state index contributed by atoms with van der Waals surface area (Å²) in [5, 5.41) is 17.7. The van der Waals surface area contributed by atoms with Crippen LogP contribution in [0.3, 0.4) is 0 Å². The number of aromatic amines is 1. The lowest BCUT2D eigenvalue weighted by molar-refractivity contribution is 0.751. The number of hydrogen-bond acceptors (Lipinski definition) is 5. The number of aromatic nitrogens is 3. The Kier molecular flexibility index (Phi) is 8.77. The standard InChI is InChI=1S/C32H35N5S/c1-7-10-12-21(4)34-26(9-3)17-24(8-2)25-14-15-29-27(18-25)32(37-36-29)23(6)35-30-20-33-19-28(22(30)5)31-13-11-16-38-31/h8-9,11,13-20,34-35H,3-4,6-7,10,12H2,1-2,5H3,(H,36,37)/b24-8+,26-17+. The van der Waals surface area contributed by atoms with Gasteiger partial charge in [0.15, 0.2) is 0 Å². The van der Waals surface area contributed by atoms with Crippen molar-refractivity contribution in [2.24, 2.45) is 0 Å². The fourth-order valence-electron chi connectivity index (χ4n) is 4.28. The van der Waals surface area contributed by atoms with Gasteiger partial charge in [0.1, 0.15) is 5.69 Å². The molecule has 4 aromatic rings. The number of rotatable bonds is 12. The van der Waals surface area contributed by atoms with Crippen LogP contribution in [-0.2, 0) is 0 Å². The minimum atomic E-state index is 0.708. The van der Waals surface area contributed by atoms with Crippen molar-refractivity contribution >= 4 is 39.2 Å². The number of anilines is 1. The summed E-state index contributed by atoms with van der Waals surface area (Å²) in [7, 11) is 0. The monoisotopic (exact) mass is 521 g/mol. The first-order valence-corrected chi connectivity index (χ1v) is 13.7. The van der Waals surface area contributed by atoms with E-state index >= 15 is 0 Å². The molecule has 6 heteroatoms. The zero-order chi connectivity index (χ0) is 27.1. The molecule has 0 aliphatic rings. The Labute approximate surface area is 229 Å². The van der Waals surface area contributed by atoms with Crippen LogP contribution in [0.15, 0.2) is 97.5 Å². The maximum absolute atomic E-state index is 4.58. The van der Waals surface area contributed by atoms with Gasteiger partial charge in [-0.3, -0.25) is 10.1 Å². The second-order valence-corrected chi connectivity index (χ2v) is 10.1. The van der Waals surface area contributed by atoms with Gasteiger partial charge in [-0.2, -0.15) is 5.10 Å². The van der Waals surface area contributed by atoms with Crippen LogP contribution in [0.25, 0.3) is 32.6 Å². The quantitative estimate of drug-likeness (QED) is 0.163. The summed E-state index contributed by atoms with van der Waals surface area (Å²) in [5.74, 6) is 0. The third-order valence-electron chi connectivity index (χ3n) is 6.46. The van der Waals surface area contributed by atoms with Gasteiger partial charge in [0.25, 0.3) is 0 Å². The number of fused-ring (bicyclic) bond motifs is 1. The van der Waals surface area contributed by atoms with E-state index in [-0.39, 0.29) is 0 Å². The molecule has 0 radical (unpaired) electrons. The first-order valence-electron chi connectivity index (χ1n) is 12.8. The van der Waals surface area contributed by atoms with Crippen molar-refractivity contribution in [1.82, 2.24) is 20.5 Å². The molecule has 0 aliphatic heterocycles. The van der Waals surface area contributed by atoms with Crippen molar-refractivity contribution in [2.45, 2.75) is 40.0 Å². The van der Waals surface area contributed by atoms with Crippen LogP contribution < -0.4 is 10.6 Å². The summed E-state index contributed by atoms with van der Waals surface area (Å²) in [6.07, 6.45) is 13.0. The molecule has 0 saturated heterocycles. The molecule has 0 spiro atoms. The highest BCUT2D eigenvalue weighted by atomic mass is 32.1. The molecule has 0 unspecified atom stereocenters. The first-order chi connectivity index (χ1) is 18.4. The van der Waals surface area contributed by atoms with E-state index < -0.39 is 0 Å². The molecule has 1 aromatic carbocycles. The Bertz CT molecular complexity index is 1520. The molecule has 0 atom stereocenters. The summed E-state index contributed by atoms with van der Waals surface area (Å²) in [6.45, 7) is 18.8. The molecule has 0 fully saturated rings. The Morgan fingerprint density at radius 1 is 1.18 bits per heavy atom. The molecule has 0 bridgehead atoms. The van der Waals surface area contributed by atoms with Gasteiger partial charge in [0.05, 0.1) is 23.1 Å². The number of benzene rings is 1. The van der Waals surface area contributed by atoms with Crippen molar-refractivity contribution in [3.63, 3.8) is 0 Å². The number of allylic oxidation sites excluding steroid dienone is 5. The predicted molar refractivity (Wildman–Crippen MR) is 165 cm³/mol. The number of thiophene rings is 1. The first kappa shape index (κ1) is 26.9. The number of hydrogen-bond donors (Lipinski definition) is 3. The van der Waals surface area contributed by atoms with Gasteiger partial charge in [-0.1, -0.05) is 51.3 Å². The van der Waals surface area contributed by atoms with E-state index in [2.05, 4.69) is 107 Å². The third kappa shape index (κ3) is 6.03. The van der Waals surface area contributed by atoms with E-state index in [0.29, 0.717) is 5.70 Å². The molecule has 3 aromatic heterocycles. The SMILES string of the molecule is C=C/C(=C\C(=C/C)c1ccc2[nH]nc(C(=C)Nc3cncc(-c4cccs4)c3C)c2c1)NC(=C)CCCC. The summed E-state index contributed by atoms with van der Waals surface area (Å²) in [4.78, 5) is 5.65. The molecular weight excluding hydrogens is 486 g/mol. The number of H-pyrrole nitrogens is 1. The lowest BCUT2D eigenvalue weighted by Gasteiger charge is -2.13. The number of pyridine rings is 1. The molecule has 0 amide bonds. The number of nitrogens with one attached hydrogen (secondary N) is 3. The maximum atomic E-state index is 4.58. The summed E-state index contributed by atoms with van der Waals surface area (Å²) >= 11 is 1.70. The van der Waals surface area contributed by atoms with Crippen LogP contribution in [0.2, 0.25) is 0 Å². The highest BCUT2D eigenvalue weighted by Crippen LogP contribution is 2.33. The lowest BCUT2D eigenvalue weighted by Crippen LogP contribution is -2.10. The van der Waals surface area contributed by atoms with Crippen molar-refractivity contribution in [3.05, 3.63) is 114 Å². The van der Waals surface area contributed by atoms with Gasteiger partial charge in [0, 0.05) is 33.4 Å².